The molecule has 1 aromatic carbocycles. The molecule has 126 valence electrons. The number of fused-ring (bicyclic) bond motifs is 5. The van der Waals surface area contributed by atoms with E-state index in [1.54, 1.807) is 19.5 Å². The lowest BCUT2D eigenvalue weighted by Gasteiger charge is -2.22. The number of amides is 1. The number of nitrogens with one attached hydrogen (secondary N) is 1. The van der Waals surface area contributed by atoms with Gasteiger partial charge < -0.3 is 9.64 Å². The number of ether oxygens (including phenoxy) is 1. The number of carbonyl (C=O) groups excluding carboxylic acids is 1. The Labute approximate surface area is 142 Å². The normalized spacial score (nSPS) is 18.5. The minimum atomic E-state index is -0.0538. The molecule has 9 heteroatoms. The summed E-state index contributed by atoms with van der Waals surface area (Å²) < 4.78 is 7.27. The van der Waals surface area contributed by atoms with Gasteiger partial charge in [-0.15, -0.1) is 10.2 Å². The Hall–Kier alpha value is -3.23. The number of carbonyl (C=O) groups is 1. The Morgan fingerprint density at radius 3 is 3.08 bits per heavy atom. The third-order valence-electron chi connectivity index (χ3n) is 4.88. The van der Waals surface area contributed by atoms with Crippen molar-refractivity contribution in [1.29, 1.82) is 0 Å². The highest BCUT2D eigenvalue weighted by atomic mass is 16.5. The van der Waals surface area contributed by atoms with Gasteiger partial charge in [-0.1, -0.05) is 0 Å². The molecular weight excluding hydrogens is 322 g/mol. The lowest BCUT2D eigenvalue weighted by molar-refractivity contribution is 0.0738. The van der Waals surface area contributed by atoms with Crippen molar-refractivity contribution in [3.63, 3.8) is 0 Å². The highest BCUT2D eigenvalue weighted by molar-refractivity contribution is 5.99. The van der Waals surface area contributed by atoms with E-state index in [0.29, 0.717) is 22.8 Å². The fourth-order valence-electron chi connectivity index (χ4n) is 3.77. The molecule has 5 rings (SSSR count). The maximum Gasteiger partial charge on any atom is 0.256 e. The molecular formula is C16H15N7O2. The number of aromatic nitrogens is 6. The highest BCUT2D eigenvalue weighted by Crippen LogP contribution is 2.42. The van der Waals surface area contributed by atoms with E-state index in [9.17, 15) is 4.79 Å². The molecule has 0 bridgehead atoms. The zero-order valence-corrected chi connectivity index (χ0v) is 13.5. The maximum atomic E-state index is 13.1. The fourth-order valence-corrected chi connectivity index (χ4v) is 3.77. The first-order valence-electron chi connectivity index (χ1n) is 8.08. The average Bonchev–Trinajstić information content (AvgIpc) is 3.37. The SMILES string of the molecule is COc1ccc2c(c1)C(=O)N1CCC[C@H]1c1c(-c3nn[nH]n3)ncn1-2. The van der Waals surface area contributed by atoms with Crippen molar-refractivity contribution >= 4 is 5.91 Å². The largest absolute Gasteiger partial charge is 0.497 e. The Balaban J connectivity index is 1.80. The summed E-state index contributed by atoms with van der Waals surface area (Å²) in [4.78, 5) is 19.6. The molecule has 0 spiro atoms. The van der Waals surface area contributed by atoms with Crippen molar-refractivity contribution < 1.29 is 9.53 Å². The number of aromatic amines is 1. The summed E-state index contributed by atoms with van der Waals surface area (Å²) in [5.41, 5.74) is 2.98. The molecule has 0 saturated carbocycles. The van der Waals surface area contributed by atoms with Crippen LogP contribution in [0.5, 0.6) is 5.75 Å². The van der Waals surface area contributed by atoms with E-state index in [2.05, 4.69) is 25.6 Å². The van der Waals surface area contributed by atoms with Gasteiger partial charge in [0.15, 0.2) is 0 Å². The summed E-state index contributed by atoms with van der Waals surface area (Å²) in [5, 5.41) is 14.2. The van der Waals surface area contributed by atoms with Crippen molar-refractivity contribution in [2.45, 2.75) is 18.9 Å². The predicted molar refractivity (Wildman–Crippen MR) is 86.3 cm³/mol. The number of rotatable bonds is 2. The topological polar surface area (TPSA) is 102 Å². The van der Waals surface area contributed by atoms with Gasteiger partial charge in [0.2, 0.25) is 5.82 Å². The van der Waals surface area contributed by atoms with Crippen LogP contribution in [0.15, 0.2) is 24.5 Å². The Morgan fingerprint density at radius 1 is 1.36 bits per heavy atom. The zero-order valence-electron chi connectivity index (χ0n) is 13.5. The van der Waals surface area contributed by atoms with E-state index in [1.807, 2.05) is 21.6 Å². The summed E-state index contributed by atoms with van der Waals surface area (Å²) in [5.74, 6) is 1.11. The van der Waals surface area contributed by atoms with Gasteiger partial charge in [0.1, 0.15) is 17.8 Å². The minimum absolute atomic E-state index is 0.0131. The molecule has 2 aliphatic heterocycles. The first kappa shape index (κ1) is 14.1. The third-order valence-corrected chi connectivity index (χ3v) is 4.88. The summed E-state index contributed by atoms with van der Waals surface area (Å²) >= 11 is 0. The van der Waals surface area contributed by atoms with Crippen LogP contribution in [-0.4, -0.2) is 54.6 Å². The predicted octanol–water partition coefficient (Wildman–Crippen LogP) is 1.35. The monoisotopic (exact) mass is 337 g/mol. The molecule has 25 heavy (non-hydrogen) atoms. The van der Waals surface area contributed by atoms with Crippen LogP contribution in [0.4, 0.5) is 0 Å². The average molecular weight is 337 g/mol. The molecule has 0 aliphatic carbocycles. The number of hydrogen-bond donors (Lipinski definition) is 1. The van der Waals surface area contributed by atoms with Crippen LogP contribution in [0.3, 0.4) is 0 Å². The van der Waals surface area contributed by atoms with Crippen molar-refractivity contribution in [2.24, 2.45) is 0 Å². The smallest absolute Gasteiger partial charge is 0.256 e. The summed E-state index contributed by atoms with van der Waals surface area (Å²) in [6, 6.07) is 5.47. The van der Waals surface area contributed by atoms with Gasteiger partial charge in [0.25, 0.3) is 5.91 Å². The number of methoxy groups -OCH3 is 1. The van der Waals surface area contributed by atoms with Gasteiger partial charge in [0.05, 0.1) is 30.1 Å². The van der Waals surface area contributed by atoms with Crippen LogP contribution in [0, 0.1) is 0 Å². The number of nitrogens with zero attached hydrogens (tertiary/aromatic N) is 6. The molecule has 2 aliphatic rings. The van der Waals surface area contributed by atoms with Crippen LogP contribution in [-0.2, 0) is 0 Å². The molecule has 3 aromatic rings. The number of tetrazole rings is 1. The van der Waals surface area contributed by atoms with Gasteiger partial charge in [-0.2, -0.15) is 5.21 Å². The quantitative estimate of drug-likeness (QED) is 0.757. The Morgan fingerprint density at radius 2 is 2.28 bits per heavy atom. The van der Waals surface area contributed by atoms with Crippen molar-refractivity contribution in [3.8, 4) is 23.0 Å². The van der Waals surface area contributed by atoms with E-state index < -0.39 is 0 Å². The zero-order chi connectivity index (χ0) is 17.0. The first-order chi connectivity index (χ1) is 12.3. The second-order valence-corrected chi connectivity index (χ2v) is 6.12. The van der Waals surface area contributed by atoms with Crippen LogP contribution in [0.25, 0.3) is 17.2 Å². The van der Waals surface area contributed by atoms with Crippen molar-refractivity contribution in [3.05, 3.63) is 35.8 Å². The van der Waals surface area contributed by atoms with Crippen molar-refractivity contribution in [2.75, 3.05) is 13.7 Å². The van der Waals surface area contributed by atoms with E-state index in [1.165, 1.54) is 0 Å². The number of imidazole rings is 1. The lowest BCUT2D eigenvalue weighted by Crippen LogP contribution is -2.29. The van der Waals surface area contributed by atoms with Gasteiger partial charge in [-0.3, -0.25) is 9.36 Å². The van der Waals surface area contributed by atoms with Gasteiger partial charge >= 0.3 is 0 Å². The molecule has 2 aromatic heterocycles. The molecule has 1 saturated heterocycles. The molecule has 1 amide bonds. The number of hydrogen-bond acceptors (Lipinski definition) is 6. The highest BCUT2D eigenvalue weighted by Gasteiger charge is 2.39. The molecule has 0 unspecified atom stereocenters. The second-order valence-electron chi connectivity index (χ2n) is 6.12. The summed E-state index contributed by atoms with van der Waals surface area (Å²) in [7, 11) is 1.60. The molecule has 1 atom stereocenters. The van der Waals surface area contributed by atoms with Gasteiger partial charge in [0, 0.05) is 6.54 Å². The third kappa shape index (κ3) is 1.92. The fraction of sp³-hybridized carbons (Fsp3) is 0.312. The standard InChI is InChI=1S/C16H15N7O2/c1-25-9-4-5-11-10(7-9)16(24)22-6-2-3-12(22)14-13(17-8-23(11)14)15-18-20-21-19-15/h4-5,7-8,12H,2-3,6H2,1H3,(H,18,19,20,21)/t12-/m0/s1. The van der Waals surface area contributed by atoms with Gasteiger partial charge in [-0.05, 0) is 36.3 Å². The lowest BCUT2D eigenvalue weighted by atomic mass is 10.1. The van der Waals surface area contributed by atoms with Gasteiger partial charge in [-0.25, -0.2) is 4.98 Å². The second kappa shape index (κ2) is 5.13. The summed E-state index contributed by atoms with van der Waals surface area (Å²) in [6.07, 6.45) is 3.56. The van der Waals surface area contributed by atoms with Crippen LogP contribution in [0.2, 0.25) is 0 Å². The Kier molecular flexibility index (Phi) is 2.90. The minimum Gasteiger partial charge on any atom is -0.497 e. The molecule has 4 heterocycles. The molecule has 0 radical (unpaired) electrons. The molecule has 1 fully saturated rings. The van der Waals surface area contributed by atoms with E-state index in [0.717, 1.165) is 30.8 Å². The van der Waals surface area contributed by atoms with E-state index in [4.69, 9.17) is 4.74 Å². The Bertz CT molecular complexity index is 963. The van der Waals surface area contributed by atoms with Crippen LogP contribution < -0.4 is 4.74 Å². The summed E-state index contributed by atoms with van der Waals surface area (Å²) in [6.45, 7) is 0.719. The first-order valence-corrected chi connectivity index (χ1v) is 8.08. The van der Waals surface area contributed by atoms with Crippen molar-refractivity contribution in [1.82, 2.24) is 35.1 Å². The molecule has 9 nitrogen and oxygen atoms in total. The number of benzene rings is 1. The van der Waals surface area contributed by atoms with Crippen LogP contribution in [0.1, 0.15) is 34.9 Å². The van der Waals surface area contributed by atoms with E-state index >= 15 is 0 Å². The number of H-pyrrole nitrogens is 1. The van der Waals surface area contributed by atoms with E-state index in [-0.39, 0.29) is 11.9 Å². The molecule has 1 N–H and O–H groups in total. The van der Waals surface area contributed by atoms with Crippen LogP contribution >= 0.6 is 0 Å². The maximum absolute atomic E-state index is 13.1.